The topological polar surface area (TPSA) is 59.7 Å². The molecule has 0 fully saturated rings. The van der Waals surface area contributed by atoms with Gasteiger partial charge in [0.05, 0.1) is 11.4 Å². The largest absolute Gasteiger partial charge is 0.484 e. The van der Waals surface area contributed by atoms with Crippen LogP contribution >= 0.6 is 0 Å². The number of aromatic nitrogens is 3. The third kappa shape index (κ3) is 3.07. The number of hydrogen-bond donors (Lipinski definition) is 0. The number of hydrogen-bond acceptors (Lipinski definition) is 4. The van der Waals surface area contributed by atoms with Crippen molar-refractivity contribution in [3.8, 4) is 5.75 Å². The lowest BCUT2D eigenvalue weighted by Gasteiger charge is -2.28. The molecule has 0 aliphatic carbocycles. The maximum atomic E-state index is 12.5. The van der Waals surface area contributed by atoms with Gasteiger partial charge in [-0.25, -0.2) is 9.50 Å². The minimum absolute atomic E-state index is 0.0111. The van der Waals surface area contributed by atoms with E-state index in [1.54, 1.807) is 0 Å². The van der Waals surface area contributed by atoms with Gasteiger partial charge in [0.1, 0.15) is 5.75 Å². The maximum Gasteiger partial charge on any atom is 0.260 e. The second-order valence-electron chi connectivity index (χ2n) is 6.45. The van der Waals surface area contributed by atoms with Gasteiger partial charge in [0.15, 0.2) is 12.3 Å². The zero-order valence-corrected chi connectivity index (χ0v) is 14.4. The molecule has 1 aliphatic heterocycles. The normalized spacial score (nSPS) is 13.8. The highest BCUT2D eigenvalue weighted by Crippen LogP contribution is 2.20. The molecule has 0 saturated heterocycles. The van der Waals surface area contributed by atoms with Crippen LogP contribution < -0.4 is 4.74 Å². The molecular weight excluding hydrogens is 316 g/mol. The number of carbonyl (C=O) groups excluding carboxylic acids is 1. The quantitative estimate of drug-likeness (QED) is 0.736. The monoisotopic (exact) mass is 336 g/mol. The van der Waals surface area contributed by atoms with Crippen molar-refractivity contribution in [2.75, 3.05) is 13.2 Å². The average molecular weight is 336 g/mol. The van der Waals surface area contributed by atoms with Crippen molar-refractivity contribution in [1.29, 1.82) is 0 Å². The molecule has 2 aromatic heterocycles. The molecule has 3 heterocycles. The molecule has 128 valence electrons. The summed E-state index contributed by atoms with van der Waals surface area (Å²) in [5, 5.41) is 4.51. The van der Waals surface area contributed by atoms with E-state index in [-0.39, 0.29) is 12.5 Å². The van der Waals surface area contributed by atoms with Crippen LogP contribution in [0.15, 0.2) is 36.5 Å². The van der Waals surface area contributed by atoms with Crippen molar-refractivity contribution in [1.82, 2.24) is 19.5 Å². The highest BCUT2D eigenvalue weighted by atomic mass is 16.5. The van der Waals surface area contributed by atoms with Crippen LogP contribution in [0, 0.1) is 13.8 Å². The Morgan fingerprint density at radius 1 is 1.24 bits per heavy atom. The van der Waals surface area contributed by atoms with Crippen molar-refractivity contribution in [2.24, 2.45) is 0 Å². The van der Waals surface area contributed by atoms with E-state index in [1.807, 2.05) is 59.8 Å². The van der Waals surface area contributed by atoms with Crippen LogP contribution in [-0.4, -0.2) is 38.6 Å². The van der Waals surface area contributed by atoms with Crippen LogP contribution in [0.1, 0.15) is 22.5 Å². The van der Waals surface area contributed by atoms with Gasteiger partial charge >= 0.3 is 0 Å². The molecule has 1 amide bonds. The van der Waals surface area contributed by atoms with E-state index in [4.69, 9.17) is 4.74 Å². The van der Waals surface area contributed by atoms with E-state index in [0.717, 1.165) is 29.0 Å². The number of benzene rings is 1. The molecule has 6 heteroatoms. The molecule has 3 aromatic rings. The fourth-order valence-electron chi connectivity index (χ4n) is 3.14. The molecule has 6 nitrogen and oxygen atoms in total. The number of rotatable bonds is 3. The maximum absolute atomic E-state index is 12.5. The summed E-state index contributed by atoms with van der Waals surface area (Å²) >= 11 is 0. The minimum Gasteiger partial charge on any atom is -0.484 e. The zero-order chi connectivity index (χ0) is 17.4. The standard InChI is InChI=1S/C19H20N4O2/c1-13-3-5-16(6-4-13)25-12-19(24)22-8-7-17-15(11-22)10-20-18-9-14(2)21-23(17)18/h3-6,9-10H,7-8,11-12H2,1-2H3. The molecule has 0 radical (unpaired) electrons. The molecule has 1 aromatic carbocycles. The summed E-state index contributed by atoms with van der Waals surface area (Å²) in [7, 11) is 0. The number of fused-ring (bicyclic) bond motifs is 3. The molecule has 0 saturated carbocycles. The average Bonchev–Trinajstić information content (AvgIpc) is 3.01. The Morgan fingerprint density at radius 3 is 2.84 bits per heavy atom. The summed E-state index contributed by atoms with van der Waals surface area (Å²) in [6, 6.07) is 9.68. The Balaban J connectivity index is 1.45. The number of aryl methyl sites for hydroxylation is 2. The van der Waals surface area contributed by atoms with Gasteiger partial charge in [-0.2, -0.15) is 5.10 Å². The number of amides is 1. The van der Waals surface area contributed by atoms with E-state index >= 15 is 0 Å². The first kappa shape index (κ1) is 15.6. The van der Waals surface area contributed by atoms with Gasteiger partial charge in [0.2, 0.25) is 0 Å². The van der Waals surface area contributed by atoms with Gasteiger partial charge in [-0.3, -0.25) is 4.79 Å². The molecule has 0 atom stereocenters. The van der Waals surface area contributed by atoms with Crippen molar-refractivity contribution in [3.63, 3.8) is 0 Å². The number of carbonyl (C=O) groups is 1. The lowest BCUT2D eigenvalue weighted by Crippen LogP contribution is -2.39. The van der Waals surface area contributed by atoms with Crippen LogP contribution in [0.4, 0.5) is 0 Å². The predicted octanol–water partition coefficient (Wildman–Crippen LogP) is 2.31. The Morgan fingerprint density at radius 2 is 2.04 bits per heavy atom. The Bertz CT molecular complexity index is 930. The van der Waals surface area contributed by atoms with Crippen LogP contribution in [0.25, 0.3) is 5.65 Å². The molecular formula is C19H20N4O2. The van der Waals surface area contributed by atoms with Gasteiger partial charge in [-0.1, -0.05) is 17.7 Å². The number of nitrogens with zero attached hydrogens (tertiary/aromatic N) is 4. The second-order valence-corrected chi connectivity index (χ2v) is 6.45. The third-order valence-corrected chi connectivity index (χ3v) is 4.51. The Kier molecular flexibility index (Phi) is 3.87. The summed E-state index contributed by atoms with van der Waals surface area (Å²) in [4.78, 5) is 18.7. The molecule has 25 heavy (non-hydrogen) atoms. The molecule has 0 bridgehead atoms. The van der Waals surface area contributed by atoms with E-state index in [2.05, 4.69) is 10.1 Å². The first-order valence-corrected chi connectivity index (χ1v) is 8.40. The molecule has 0 N–H and O–H groups in total. The SMILES string of the molecule is Cc1ccc(OCC(=O)N2CCc3c(cnc4cc(C)nn34)C2)cc1. The number of ether oxygens (including phenoxy) is 1. The van der Waals surface area contributed by atoms with Crippen LogP contribution in [-0.2, 0) is 17.8 Å². The predicted molar refractivity (Wildman–Crippen MR) is 93.5 cm³/mol. The van der Waals surface area contributed by atoms with Crippen molar-refractivity contribution < 1.29 is 9.53 Å². The Hall–Kier alpha value is -2.89. The summed E-state index contributed by atoms with van der Waals surface area (Å²) < 4.78 is 7.51. The highest BCUT2D eigenvalue weighted by Gasteiger charge is 2.23. The fraction of sp³-hybridized carbons (Fsp3) is 0.316. The molecule has 1 aliphatic rings. The smallest absolute Gasteiger partial charge is 0.260 e. The van der Waals surface area contributed by atoms with Gasteiger partial charge in [0.25, 0.3) is 5.91 Å². The fourth-order valence-corrected chi connectivity index (χ4v) is 3.14. The van der Waals surface area contributed by atoms with Crippen molar-refractivity contribution in [2.45, 2.75) is 26.8 Å². The lowest BCUT2D eigenvalue weighted by atomic mass is 10.1. The summed E-state index contributed by atoms with van der Waals surface area (Å²) in [5.74, 6) is 0.703. The van der Waals surface area contributed by atoms with Gasteiger partial charge < -0.3 is 9.64 Å². The first-order chi connectivity index (χ1) is 12.1. The van der Waals surface area contributed by atoms with Gasteiger partial charge in [0, 0.05) is 37.3 Å². The van der Waals surface area contributed by atoms with Crippen LogP contribution in [0.2, 0.25) is 0 Å². The van der Waals surface area contributed by atoms with Crippen LogP contribution in [0.3, 0.4) is 0 Å². The molecule has 0 unspecified atom stereocenters. The zero-order valence-electron chi connectivity index (χ0n) is 14.4. The second kappa shape index (κ2) is 6.20. The summed E-state index contributed by atoms with van der Waals surface area (Å²) in [6.07, 6.45) is 2.62. The van der Waals surface area contributed by atoms with E-state index in [9.17, 15) is 4.79 Å². The van der Waals surface area contributed by atoms with E-state index in [0.29, 0.717) is 18.8 Å². The Labute approximate surface area is 146 Å². The molecule has 0 spiro atoms. The summed E-state index contributed by atoms with van der Waals surface area (Å²) in [5.41, 5.74) is 5.16. The third-order valence-electron chi connectivity index (χ3n) is 4.51. The highest BCUT2D eigenvalue weighted by molar-refractivity contribution is 5.78. The van der Waals surface area contributed by atoms with Gasteiger partial charge in [-0.15, -0.1) is 0 Å². The van der Waals surface area contributed by atoms with Crippen molar-refractivity contribution >= 4 is 11.6 Å². The first-order valence-electron chi connectivity index (χ1n) is 8.40. The summed E-state index contributed by atoms with van der Waals surface area (Å²) in [6.45, 7) is 5.25. The lowest BCUT2D eigenvalue weighted by molar-refractivity contribution is -0.134. The van der Waals surface area contributed by atoms with E-state index < -0.39 is 0 Å². The molecule has 4 rings (SSSR count). The van der Waals surface area contributed by atoms with E-state index in [1.165, 1.54) is 5.56 Å². The minimum atomic E-state index is -0.0111. The van der Waals surface area contributed by atoms with Gasteiger partial charge in [-0.05, 0) is 26.0 Å². The van der Waals surface area contributed by atoms with Crippen molar-refractivity contribution in [3.05, 3.63) is 59.0 Å². The van der Waals surface area contributed by atoms with Crippen LogP contribution in [0.5, 0.6) is 5.75 Å².